The van der Waals surface area contributed by atoms with E-state index in [1.54, 1.807) is 53.3 Å². The lowest BCUT2D eigenvalue weighted by Crippen LogP contribution is -2.44. The number of ether oxygens (including phenoxy) is 1. The zero-order chi connectivity index (χ0) is 18.1. The number of benzene rings is 1. The fourth-order valence-electron chi connectivity index (χ4n) is 2.87. The van der Waals surface area contributed by atoms with Crippen molar-refractivity contribution in [1.82, 2.24) is 24.8 Å². The Morgan fingerprint density at radius 2 is 2.19 bits per heavy atom. The van der Waals surface area contributed by atoms with Crippen molar-refractivity contribution in [3.8, 4) is 11.5 Å². The molecule has 2 aromatic heterocycles. The highest BCUT2D eigenvalue weighted by atomic mass is 35.5. The number of morpholine rings is 1. The summed E-state index contributed by atoms with van der Waals surface area (Å²) in [6, 6.07) is 6.52. The molecule has 0 spiro atoms. The predicted molar refractivity (Wildman–Crippen MR) is 92.5 cm³/mol. The van der Waals surface area contributed by atoms with Crippen LogP contribution in [0.2, 0.25) is 5.02 Å². The maximum atomic E-state index is 13.0. The third-order valence-electron chi connectivity index (χ3n) is 4.19. The maximum Gasteiger partial charge on any atom is 0.261 e. The molecule has 26 heavy (non-hydrogen) atoms. The van der Waals surface area contributed by atoms with Crippen LogP contribution >= 0.6 is 11.6 Å². The highest BCUT2D eigenvalue weighted by Crippen LogP contribution is 2.28. The second-order valence-electron chi connectivity index (χ2n) is 5.93. The number of hydrogen-bond donors (Lipinski definition) is 0. The van der Waals surface area contributed by atoms with E-state index in [0.29, 0.717) is 47.6 Å². The van der Waals surface area contributed by atoms with Crippen LogP contribution in [0, 0.1) is 0 Å². The van der Waals surface area contributed by atoms with E-state index in [2.05, 4.69) is 15.2 Å². The van der Waals surface area contributed by atoms with Gasteiger partial charge in [-0.1, -0.05) is 28.9 Å². The van der Waals surface area contributed by atoms with E-state index in [1.165, 1.54) is 0 Å². The smallest absolute Gasteiger partial charge is 0.261 e. The molecule has 1 aliphatic rings. The second-order valence-corrected chi connectivity index (χ2v) is 6.34. The Labute approximate surface area is 154 Å². The van der Waals surface area contributed by atoms with Crippen molar-refractivity contribution in [3.05, 3.63) is 53.1 Å². The van der Waals surface area contributed by atoms with Crippen LogP contribution in [-0.4, -0.2) is 50.5 Å². The van der Waals surface area contributed by atoms with Crippen molar-refractivity contribution < 1.29 is 14.1 Å². The van der Waals surface area contributed by atoms with Crippen LogP contribution in [0.1, 0.15) is 22.2 Å². The van der Waals surface area contributed by atoms with Gasteiger partial charge in [0, 0.05) is 19.8 Å². The van der Waals surface area contributed by atoms with Crippen LogP contribution in [0.25, 0.3) is 11.5 Å². The second kappa shape index (κ2) is 6.89. The Balaban J connectivity index is 1.63. The summed E-state index contributed by atoms with van der Waals surface area (Å²) >= 11 is 6.18. The number of rotatable bonds is 3. The summed E-state index contributed by atoms with van der Waals surface area (Å²) in [7, 11) is 1.81. The largest absolute Gasteiger partial charge is 0.377 e. The van der Waals surface area contributed by atoms with E-state index in [1.807, 2.05) is 0 Å². The van der Waals surface area contributed by atoms with Crippen molar-refractivity contribution in [2.24, 2.45) is 7.05 Å². The van der Waals surface area contributed by atoms with Crippen molar-refractivity contribution in [2.45, 2.75) is 6.04 Å². The number of hydrogen-bond acceptors (Lipinski definition) is 6. The van der Waals surface area contributed by atoms with Gasteiger partial charge in [0.1, 0.15) is 6.04 Å². The zero-order valence-corrected chi connectivity index (χ0v) is 14.8. The minimum Gasteiger partial charge on any atom is -0.377 e. The Hall–Kier alpha value is -2.71. The summed E-state index contributed by atoms with van der Waals surface area (Å²) in [4.78, 5) is 19.1. The first kappa shape index (κ1) is 16.7. The van der Waals surface area contributed by atoms with E-state index in [-0.39, 0.29) is 5.91 Å². The highest BCUT2D eigenvalue weighted by molar-refractivity contribution is 6.33. The lowest BCUT2D eigenvalue weighted by molar-refractivity contribution is -0.00576. The third-order valence-corrected chi connectivity index (χ3v) is 4.51. The van der Waals surface area contributed by atoms with Crippen LogP contribution in [0.5, 0.6) is 0 Å². The van der Waals surface area contributed by atoms with Crippen LogP contribution in [-0.2, 0) is 11.8 Å². The SMILES string of the molecule is Cn1cc(-c2nc([C@H]3COCCN3C(=O)c3ccccc3Cl)no2)cn1. The number of aryl methyl sites for hydroxylation is 1. The first-order valence-corrected chi connectivity index (χ1v) is 8.47. The summed E-state index contributed by atoms with van der Waals surface area (Å²) in [6.45, 7) is 1.16. The quantitative estimate of drug-likeness (QED) is 0.700. The molecule has 0 aliphatic carbocycles. The lowest BCUT2D eigenvalue weighted by atomic mass is 10.1. The number of aromatic nitrogens is 4. The standard InChI is InChI=1S/C17H16ClN5O3/c1-22-9-11(8-19-22)16-20-15(21-26-16)14-10-25-7-6-23(14)17(24)12-4-2-3-5-13(12)18/h2-5,8-9,14H,6-7,10H2,1H3/t14-/m1/s1. The van der Waals surface area contributed by atoms with E-state index < -0.39 is 6.04 Å². The predicted octanol–water partition coefficient (Wildman–Crippen LogP) is 2.34. The molecule has 0 saturated carbocycles. The Morgan fingerprint density at radius 3 is 2.96 bits per heavy atom. The molecule has 9 heteroatoms. The maximum absolute atomic E-state index is 13.0. The van der Waals surface area contributed by atoms with Crippen molar-refractivity contribution in [3.63, 3.8) is 0 Å². The summed E-state index contributed by atoms with van der Waals surface area (Å²) in [5, 5.41) is 8.55. The van der Waals surface area contributed by atoms with Crippen molar-refractivity contribution in [2.75, 3.05) is 19.8 Å². The molecular formula is C17H16ClN5O3. The van der Waals surface area contributed by atoms with Crippen LogP contribution in [0.15, 0.2) is 41.2 Å². The van der Waals surface area contributed by atoms with Crippen LogP contribution < -0.4 is 0 Å². The topological polar surface area (TPSA) is 86.3 Å². The molecule has 1 aliphatic heterocycles. The molecule has 0 radical (unpaired) electrons. The zero-order valence-electron chi connectivity index (χ0n) is 14.0. The molecule has 1 atom stereocenters. The fourth-order valence-corrected chi connectivity index (χ4v) is 3.09. The molecular weight excluding hydrogens is 358 g/mol. The molecule has 1 amide bonds. The minimum absolute atomic E-state index is 0.184. The average Bonchev–Trinajstić information content (AvgIpc) is 3.30. The number of halogens is 1. The molecule has 1 aromatic carbocycles. The van der Waals surface area contributed by atoms with E-state index in [0.717, 1.165) is 0 Å². The van der Waals surface area contributed by atoms with Gasteiger partial charge in [0.2, 0.25) is 0 Å². The number of amides is 1. The summed E-state index contributed by atoms with van der Waals surface area (Å²) in [5.74, 6) is 0.560. The van der Waals surface area contributed by atoms with Gasteiger partial charge in [0.15, 0.2) is 5.82 Å². The fraction of sp³-hybridized carbons (Fsp3) is 0.294. The Bertz CT molecular complexity index is 938. The summed E-state index contributed by atoms with van der Waals surface area (Å²) in [5.41, 5.74) is 1.16. The van der Waals surface area contributed by atoms with Gasteiger partial charge >= 0.3 is 0 Å². The molecule has 0 bridgehead atoms. The molecule has 3 heterocycles. The number of carbonyl (C=O) groups excluding carboxylic acids is 1. The van der Waals surface area contributed by atoms with Crippen molar-refractivity contribution >= 4 is 17.5 Å². The van der Waals surface area contributed by atoms with E-state index >= 15 is 0 Å². The first-order chi connectivity index (χ1) is 12.6. The summed E-state index contributed by atoms with van der Waals surface area (Å²) < 4.78 is 12.5. The molecule has 4 rings (SSSR count). The molecule has 0 N–H and O–H groups in total. The molecule has 134 valence electrons. The van der Waals surface area contributed by atoms with Gasteiger partial charge in [0.05, 0.1) is 35.6 Å². The van der Waals surface area contributed by atoms with Crippen LogP contribution in [0.3, 0.4) is 0 Å². The molecule has 1 saturated heterocycles. The van der Waals surface area contributed by atoms with E-state index in [9.17, 15) is 4.79 Å². The number of carbonyl (C=O) groups is 1. The monoisotopic (exact) mass is 373 g/mol. The van der Waals surface area contributed by atoms with Gasteiger partial charge < -0.3 is 14.2 Å². The Morgan fingerprint density at radius 1 is 1.35 bits per heavy atom. The van der Waals surface area contributed by atoms with Crippen LogP contribution in [0.4, 0.5) is 0 Å². The van der Waals surface area contributed by atoms with E-state index in [4.69, 9.17) is 20.9 Å². The van der Waals surface area contributed by atoms with Gasteiger partial charge in [-0.2, -0.15) is 10.1 Å². The lowest BCUT2D eigenvalue weighted by Gasteiger charge is -2.33. The molecule has 8 nitrogen and oxygen atoms in total. The first-order valence-electron chi connectivity index (χ1n) is 8.09. The summed E-state index contributed by atoms with van der Waals surface area (Å²) in [6.07, 6.45) is 3.42. The molecule has 1 fully saturated rings. The average molecular weight is 374 g/mol. The highest BCUT2D eigenvalue weighted by Gasteiger charge is 2.33. The normalized spacial score (nSPS) is 17.5. The number of nitrogens with zero attached hydrogens (tertiary/aromatic N) is 5. The van der Waals surface area contributed by atoms with Gasteiger partial charge in [-0.3, -0.25) is 9.48 Å². The third kappa shape index (κ3) is 3.09. The molecule has 0 unspecified atom stereocenters. The Kier molecular flexibility index (Phi) is 4.44. The molecule has 3 aromatic rings. The minimum atomic E-state index is -0.443. The van der Waals surface area contributed by atoms with Gasteiger partial charge in [-0.15, -0.1) is 0 Å². The van der Waals surface area contributed by atoms with Crippen molar-refractivity contribution in [1.29, 1.82) is 0 Å². The van der Waals surface area contributed by atoms with Gasteiger partial charge in [0.25, 0.3) is 11.8 Å². The van der Waals surface area contributed by atoms with Gasteiger partial charge in [-0.05, 0) is 12.1 Å². The van der Waals surface area contributed by atoms with Gasteiger partial charge in [-0.25, -0.2) is 0 Å².